The minimum atomic E-state index is -0.336. The number of hydrogen-bond acceptors (Lipinski definition) is 7. The summed E-state index contributed by atoms with van der Waals surface area (Å²) in [7, 11) is 0. The Hall–Kier alpha value is -3.04. The third-order valence-corrected chi connectivity index (χ3v) is 4.99. The Balaban J connectivity index is 1.45. The maximum atomic E-state index is 12.5. The van der Waals surface area contributed by atoms with Crippen molar-refractivity contribution < 1.29 is 13.9 Å². The normalized spacial score (nSPS) is 16.0. The van der Waals surface area contributed by atoms with E-state index in [9.17, 15) is 9.59 Å². The molecule has 152 valence electrons. The first-order valence-corrected chi connectivity index (χ1v) is 9.59. The monoisotopic (exact) mass is 397 g/mol. The number of carbonyl (C=O) groups excluding carboxylic acids is 1. The summed E-state index contributed by atoms with van der Waals surface area (Å²) in [4.78, 5) is 27.3. The number of nitrogens with one attached hydrogen (secondary N) is 1. The molecule has 2 aromatic heterocycles. The Kier molecular flexibility index (Phi) is 5.68. The van der Waals surface area contributed by atoms with Crippen molar-refractivity contribution in [2.75, 3.05) is 32.8 Å². The highest BCUT2D eigenvalue weighted by Crippen LogP contribution is 2.23. The van der Waals surface area contributed by atoms with E-state index in [1.165, 1.54) is 0 Å². The van der Waals surface area contributed by atoms with Crippen LogP contribution in [0.4, 0.5) is 0 Å². The zero-order valence-electron chi connectivity index (χ0n) is 16.2. The molecule has 1 atom stereocenters. The van der Waals surface area contributed by atoms with Gasteiger partial charge in [0.2, 0.25) is 5.91 Å². The number of rotatable bonds is 6. The van der Waals surface area contributed by atoms with Gasteiger partial charge in [0.05, 0.1) is 24.6 Å². The molecule has 3 aromatic rings. The first kappa shape index (κ1) is 19.3. The maximum Gasteiger partial charge on any atom is 0.278 e. The molecule has 1 N–H and O–H groups in total. The molecule has 1 fully saturated rings. The average Bonchev–Trinajstić information content (AvgIpc) is 3.17. The number of carbonyl (C=O) groups is 1. The van der Waals surface area contributed by atoms with E-state index in [1.54, 1.807) is 24.3 Å². The summed E-state index contributed by atoms with van der Waals surface area (Å²) in [5, 5.41) is 11.2. The highest BCUT2D eigenvalue weighted by atomic mass is 16.5. The summed E-state index contributed by atoms with van der Waals surface area (Å²) in [6, 6.07) is 10.7. The molecule has 1 aromatic carbocycles. The molecule has 0 aliphatic carbocycles. The molecule has 3 heterocycles. The predicted molar refractivity (Wildman–Crippen MR) is 105 cm³/mol. The van der Waals surface area contributed by atoms with Crippen molar-refractivity contribution in [3.05, 3.63) is 58.3 Å². The summed E-state index contributed by atoms with van der Waals surface area (Å²) in [6.45, 7) is 4.87. The lowest BCUT2D eigenvalue weighted by molar-refractivity contribution is -0.122. The van der Waals surface area contributed by atoms with Crippen LogP contribution in [0.3, 0.4) is 0 Å². The molecule has 1 saturated heterocycles. The van der Waals surface area contributed by atoms with Crippen molar-refractivity contribution in [2.45, 2.75) is 19.5 Å². The van der Waals surface area contributed by atoms with E-state index in [1.807, 2.05) is 19.1 Å². The van der Waals surface area contributed by atoms with Crippen LogP contribution in [0.2, 0.25) is 0 Å². The van der Waals surface area contributed by atoms with E-state index in [0.717, 1.165) is 29.3 Å². The fourth-order valence-electron chi connectivity index (χ4n) is 3.46. The summed E-state index contributed by atoms with van der Waals surface area (Å²) in [5.74, 6) is 1.31. The van der Waals surface area contributed by atoms with E-state index in [-0.39, 0.29) is 24.1 Å². The highest BCUT2D eigenvalue weighted by molar-refractivity contribution is 5.78. The Morgan fingerprint density at radius 3 is 2.76 bits per heavy atom. The number of ether oxygens (including phenoxy) is 1. The number of morpholine rings is 1. The molecule has 0 radical (unpaired) electrons. The van der Waals surface area contributed by atoms with Crippen molar-refractivity contribution in [1.82, 2.24) is 25.2 Å². The lowest BCUT2D eigenvalue weighted by atomic mass is 10.1. The highest BCUT2D eigenvalue weighted by Gasteiger charge is 2.25. The third kappa shape index (κ3) is 4.36. The Labute approximate surface area is 167 Å². The van der Waals surface area contributed by atoms with Crippen LogP contribution in [0, 0.1) is 6.92 Å². The standard InChI is InChI=1S/C20H23N5O4/c1-14-6-7-18(29-14)17(24-8-10-28-11-9-24)12-21-19(26)13-25-20(27)15-4-2-3-5-16(15)22-23-25/h2-7,17H,8-13H2,1H3,(H,21,26)/t17-/m1/s1. The molecule has 9 heteroatoms. The Morgan fingerprint density at radius 2 is 2.00 bits per heavy atom. The molecule has 4 rings (SSSR count). The number of nitrogens with zero attached hydrogens (tertiary/aromatic N) is 4. The van der Waals surface area contributed by atoms with Crippen molar-refractivity contribution in [2.24, 2.45) is 0 Å². The average molecular weight is 397 g/mol. The molecule has 1 aliphatic rings. The van der Waals surface area contributed by atoms with Crippen LogP contribution in [0.1, 0.15) is 17.6 Å². The minimum Gasteiger partial charge on any atom is -0.465 e. The quantitative estimate of drug-likeness (QED) is 0.659. The van der Waals surface area contributed by atoms with Gasteiger partial charge in [0.15, 0.2) is 0 Å². The van der Waals surface area contributed by atoms with Gasteiger partial charge in [-0.25, -0.2) is 4.68 Å². The Bertz CT molecular complexity index is 1050. The smallest absolute Gasteiger partial charge is 0.278 e. The number of hydrogen-bond donors (Lipinski definition) is 1. The first-order chi connectivity index (χ1) is 14.1. The van der Waals surface area contributed by atoms with Crippen LogP contribution in [0.25, 0.3) is 10.9 Å². The van der Waals surface area contributed by atoms with Gasteiger partial charge in [-0.15, -0.1) is 5.10 Å². The van der Waals surface area contributed by atoms with Gasteiger partial charge in [0.1, 0.15) is 23.6 Å². The van der Waals surface area contributed by atoms with Crippen LogP contribution in [0.5, 0.6) is 0 Å². The second-order valence-electron chi connectivity index (χ2n) is 6.99. The second-order valence-corrected chi connectivity index (χ2v) is 6.99. The molecule has 0 saturated carbocycles. The summed E-state index contributed by atoms with van der Waals surface area (Å²) in [5.41, 5.74) is 0.173. The third-order valence-electron chi connectivity index (χ3n) is 4.99. The Morgan fingerprint density at radius 1 is 1.21 bits per heavy atom. The van der Waals surface area contributed by atoms with Gasteiger partial charge >= 0.3 is 0 Å². The molecule has 1 aliphatic heterocycles. The number of amides is 1. The van der Waals surface area contributed by atoms with E-state index in [4.69, 9.17) is 9.15 Å². The fraction of sp³-hybridized carbons (Fsp3) is 0.400. The number of furan rings is 1. The molecule has 9 nitrogen and oxygen atoms in total. The SMILES string of the molecule is Cc1ccc([C@@H](CNC(=O)Cn2nnc3ccccc3c2=O)N2CCOCC2)o1. The van der Waals surface area contributed by atoms with Crippen molar-refractivity contribution >= 4 is 16.8 Å². The van der Waals surface area contributed by atoms with Gasteiger partial charge in [-0.2, -0.15) is 0 Å². The van der Waals surface area contributed by atoms with Gasteiger partial charge in [0, 0.05) is 19.6 Å². The molecule has 1 amide bonds. The van der Waals surface area contributed by atoms with Crippen LogP contribution in [0.15, 0.2) is 45.6 Å². The van der Waals surface area contributed by atoms with Crippen molar-refractivity contribution in [1.29, 1.82) is 0 Å². The largest absolute Gasteiger partial charge is 0.465 e. The van der Waals surface area contributed by atoms with Gasteiger partial charge < -0.3 is 14.5 Å². The van der Waals surface area contributed by atoms with Crippen LogP contribution >= 0.6 is 0 Å². The van der Waals surface area contributed by atoms with Gasteiger partial charge in [-0.05, 0) is 31.2 Å². The van der Waals surface area contributed by atoms with E-state index >= 15 is 0 Å². The lowest BCUT2D eigenvalue weighted by Gasteiger charge is -2.33. The first-order valence-electron chi connectivity index (χ1n) is 9.59. The summed E-state index contributed by atoms with van der Waals surface area (Å²) < 4.78 is 12.3. The lowest BCUT2D eigenvalue weighted by Crippen LogP contribution is -2.44. The van der Waals surface area contributed by atoms with Gasteiger partial charge in [-0.1, -0.05) is 17.3 Å². The molecular formula is C20H23N5O4. The number of fused-ring (bicyclic) bond motifs is 1. The summed E-state index contributed by atoms with van der Waals surface area (Å²) >= 11 is 0. The van der Waals surface area contributed by atoms with Crippen LogP contribution in [-0.2, 0) is 16.1 Å². The topological polar surface area (TPSA) is 102 Å². The number of aromatic nitrogens is 3. The maximum absolute atomic E-state index is 12.5. The fourth-order valence-corrected chi connectivity index (χ4v) is 3.46. The van der Waals surface area contributed by atoms with Crippen molar-refractivity contribution in [3.8, 4) is 0 Å². The molecule has 0 unspecified atom stereocenters. The van der Waals surface area contributed by atoms with E-state index in [2.05, 4.69) is 20.5 Å². The zero-order chi connectivity index (χ0) is 20.2. The molecular weight excluding hydrogens is 374 g/mol. The van der Waals surface area contributed by atoms with Crippen molar-refractivity contribution in [3.63, 3.8) is 0 Å². The second kappa shape index (κ2) is 8.54. The van der Waals surface area contributed by atoms with Gasteiger partial charge in [0.25, 0.3) is 5.56 Å². The molecule has 0 spiro atoms. The van der Waals surface area contributed by atoms with Crippen LogP contribution in [-0.4, -0.2) is 58.6 Å². The molecule has 0 bridgehead atoms. The summed E-state index contributed by atoms with van der Waals surface area (Å²) in [6.07, 6.45) is 0. The van der Waals surface area contributed by atoms with Crippen LogP contribution < -0.4 is 10.9 Å². The van der Waals surface area contributed by atoms with E-state index < -0.39 is 0 Å². The number of benzene rings is 1. The predicted octanol–water partition coefficient (Wildman–Crippen LogP) is 0.883. The van der Waals surface area contributed by atoms with E-state index in [0.29, 0.717) is 30.7 Å². The van der Waals surface area contributed by atoms with Gasteiger partial charge in [-0.3, -0.25) is 14.5 Å². The zero-order valence-corrected chi connectivity index (χ0v) is 16.2. The number of aryl methyl sites for hydroxylation is 1. The molecule has 29 heavy (non-hydrogen) atoms. The minimum absolute atomic E-state index is 0.101.